The van der Waals surface area contributed by atoms with Gasteiger partial charge in [0.05, 0.1) is 33.4 Å². The summed E-state index contributed by atoms with van der Waals surface area (Å²) < 4.78 is 15.5. The average Bonchev–Trinajstić information content (AvgIpc) is 2.55. The first kappa shape index (κ1) is 15.7. The van der Waals surface area contributed by atoms with Gasteiger partial charge in [-0.15, -0.1) is 0 Å². The Hall–Kier alpha value is -2.69. The highest BCUT2D eigenvalue weighted by Gasteiger charge is 2.10. The van der Waals surface area contributed by atoms with Gasteiger partial charge < -0.3 is 19.5 Å². The number of carbonyl (C=O) groups excluding carboxylic acids is 1. The molecule has 5 nitrogen and oxygen atoms in total. The van der Waals surface area contributed by atoms with E-state index in [-0.39, 0.29) is 12.3 Å². The molecule has 0 unspecified atom stereocenters. The van der Waals surface area contributed by atoms with Crippen molar-refractivity contribution in [1.29, 1.82) is 0 Å². The summed E-state index contributed by atoms with van der Waals surface area (Å²) in [4.78, 5) is 12.2. The van der Waals surface area contributed by atoms with E-state index in [0.29, 0.717) is 17.2 Å². The second kappa shape index (κ2) is 7.36. The molecule has 116 valence electrons. The minimum atomic E-state index is -0.128. The Morgan fingerprint density at radius 3 is 2.14 bits per heavy atom. The van der Waals surface area contributed by atoms with Crippen molar-refractivity contribution in [2.75, 3.05) is 26.6 Å². The summed E-state index contributed by atoms with van der Waals surface area (Å²) in [6.07, 6.45) is 0.268. The van der Waals surface area contributed by atoms with E-state index in [0.717, 1.165) is 11.3 Å². The highest BCUT2D eigenvalue weighted by Crippen LogP contribution is 2.29. The molecule has 0 aromatic heterocycles. The van der Waals surface area contributed by atoms with Crippen molar-refractivity contribution in [2.45, 2.75) is 6.42 Å². The van der Waals surface area contributed by atoms with Gasteiger partial charge in [-0.3, -0.25) is 4.79 Å². The van der Waals surface area contributed by atoms with E-state index in [9.17, 15) is 4.79 Å². The van der Waals surface area contributed by atoms with E-state index in [1.54, 1.807) is 39.5 Å². The van der Waals surface area contributed by atoms with Crippen LogP contribution in [0.2, 0.25) is 0 Å². The topological polar surface area (TPSA) is 56.8 Å². The van der Waals surface area contributed by atoms with Crippen LogP contribution in [0.5, 0.6) is 17.2 Å². The summed E-state index contributed by atoms with van der Waals surface area (Å²) in [6, 6.07) is 12.6. The first-order valence-corrected chi connectivity index (χ1v) is 6.81. The molecule has 0 aliphatic carbocycles. The lowest BCUT2D eigenvalue weighted by Crippen LogP contribution is -2.15. The van der Waals surface area contributed by atoms with E-state index >= 15 is 0 Å². The number of methoxy groups -OCH3 is 3. The number of amides is 1. The molecule has 0 saturated carbocycles. The monoisotopic (exact) mass is 301 g/mol. The Morgan fingerprint density at radius 2 is 1.55 bits per heavy atom. The van der Waals surface area contributed by atoms with Crippen LogP contribution in [-0.2, 0) is 11.2 Å². The predicted octanol–water partition coefficient (Wildman–Crippen LogP) is 2.89. The van der Waals surface area contributed by atoms with Crippen LogP contribution in [-0.4, -0.2) is 27.2 Å². The van der Waals surface area contributed by atoms with Crippen LogP contribution in [0.3, 0.4) is 0 Å². The summed E-state index contributed by atoms with van der Waals surface area (Å²) in [6.45, 7) is 0. The molecule has 0 fully saturated rings. The lowest BCUT2D eigenvalue weighted by Gasteiger charge is -2.12. The van der Waals surface area contributed by atoms with Crippen molar-refractivity contribution < 1.29 is 19.0 Å². The molecule has 5 heteroatoms. The number of anilines is 1. The first-order chi connectivity index (χ1) is 10.7. The maximum Gasteiger partial charge on any atom is 0.228 e. The van der Waals surface area contributed by atoms with Crippen LogP contribution >= 0.6 is 0 Å². The van der Waals surface area contributed by atoms with Crippen LogP contribution in [0, 0.1) is 0 Å². The third-order valence-corrected chi connectivity index (χ3v) is 3.20. The molecule has 22 heavy (non-hydrogen) atoms. The Labute approximate surface area is 129 Å². The highest BCUT2D eigenvalue weighted by atomic mass is 16.5. The second-order valence-corrected chi connectivity index (χ2v) is 4.64. The molecule has 0 spiro atoms. The van der Waals surface area contributed by atoms with Crippen molar-refractivity contribution >= 4 is 11.6 Å². The zero-order valence-electron chi connectivity index (χ0n) is 12.9. The van der Waals surface area contributed by atoms with Gasteiger partial charge in [-0.1, -0.05) is 12.1 Å². The molecular weight excluding hydrogens is 282 g/mol. The zero-order valence-corrected chi connectivity index (χ0v) is 12.9. The molecule has 0 aliphatic rings. The number of rotatable bonds is 6. The number of hydrogen-bond donors (Lipinski definition) is 1. The van der Waals surface area contributed by atoms with Gasteiger partial charge in [0.2, 0.25) is 5.91 Å². The maximum absolute atomic E-state index is 12.2. The third kappa shape index (κ3) is 3.91. The smallest absolute Gasteiger partial charge is 0.228 e. The fraction of sp³-hybridized carbons (Fsp3) is 0.235. The number of ether oxygens (including phenoxy) is 3. The lowest BCUT2D eigenvalue weighted by molar-refractivity contribution is -0.115. The summed E-state index contributed by atoms with van der Waals surface area (Å²) in [5.41, 5.74) is 1.49. The van der Waals surface area contributed by atoms with Crippen LogP contribution in [0.15, 0.2) is 42.5 Å². The Balaban J connectivity index is 2.07. The van der Waals surface area contributed by atoms with Gasteiger partial charge in [0, 0.05) is 6.07 Å². The van der Waals surface area contributed by atoms with Gasteiger partial charge in [0.25, 0.3) is 0 Å². The predicted molar refractivity (Wildman–Crippen MR) is 84.9 cm³/mol. The molecule has 2 aromatic rings. The van der Waals surface area contributed by atoms with Crippen molar-refractivity contribution in [3.8, 4) is 17.2 Å². The Kier molecular flexibility index (Phi) is 5.25. The number of hydrogen-bond acceptors (Lipinski definition) is 4. The molecule has 0 saturated heterocycles. The van der Waals surface area contributed by atoms with Crippen molar-refractivity contribution in [2.24, 2.45) is 0 Å². The summed E-state index contributed by atoms with van der Waals surface area (Å²) in [5, 5.41) is 2.84. The van der Waals surface area contributed by atoms with E-state index in [1.807, 2.05) is 24.3 Å². The van der Waals surface area contributed by atoms with Crippen LogP contribution in [0.1, 0.15) is 5.56 Å². The molecule has 2 aromatic carbocycles. The lowest BCUT2D eigenvalue weighted by atomic mass is 10.1. The number of nitrogens with one attached hydrogen (secondary N) is 1. The Bertz CT molecular complexity index is 638. The van der Waals surface area contributed by atoms with Gasteiger partial charge >= 0.3 is 0 Å². The molecule has 0 bridgehead atoms. The van der Waals surface area contributed by atoms with E-state index in [1.165, 1.54) is 0 Å². The minimum absolute atomic E-state index is 0.128. The van der Waals surface area contributed by atoms with Crippen molar-refractivity contribution in [3.05, 3.63) is 48.0 Å². The molecule has 0 aliphatic heterocycles. The fourth-order valence-electron chi connectivity index (χ4n) is 2.03. The molecule has 2 rings (SSSR count). The summed E-state index contributed by atoms with van der Waals surface area (Å²) in [7, 11) is 4.74. The number of benzene rings is 2. The second-order valence-electron chi connectivity index (χ2n) is 4.64. The average molecular weight is 301 g/mol. The SMILES string of the molecule is COc1ccc(CC(=O)Nc2cc(OC)ccc2OC)cc1. The zero-order chi connectivity index (χ0) is 15.9. The van der Waals surface area contributed by atoms with Crippen LogP contribution < -0.4 is 19.5 Å². The van der Waals surface area contributed by atoms with Gasteiger partial charge in [0.15, 0.2) is 0 Å². The van der Waals surface area contributed by atoms with Gasteiger partial charge in [-0.05, 0) is 29.8 Å². The highest BCUT2D eigenvalue weighted by molar-refractivity contribution is 5.94. The Morgan fingerprint density at radius 1 is 0.909 bits per heavy atom. The molecular formula is C17H19NO4. The quantitative estimate of drug-likeness (QED) is 0.891. The summed E-state index contributed by atoms with van der Waals surface area (Å²) >= 11 is 0. The van der Waals surface area contributed by atoms with E-state index in [2.05, 4.69) is 5.32 Å². The largest absolute Gasteiger partial charge is 0.497 e. The minimum Gasteiger partial charge on any atom is -0.497 e. The standard InChI is InChI=1S/C17H19NO4/c1-20-13-6-4-12(5-7-13)10-17(19)18-15-11-14(21-2)8-9-16(15)22-3/h4-9,11H,10H2,1-3H3,(H,18,19). The molecule has 0 heterocycles. The maximum atomic E-state index is 12.2. The van der Waals surface area contributed by atoms with Crippen LogP contribution in [0.4, 0.5) is 5.69 Å². The molecule has 1 N–H and O–H groups in total. The summed E-state index contributed by atoms with van der Waals surface area (Å²) in [5.74, 6) is 1.87. The molecule has 0 atom stereocenters. The molecule has 0 radical (unpaired) electrons. The van der Waals surface area contributed by atoms with Crippen molar-refractivity contribution in [3.63, 3.8) is 0 Å². The van der Waals surface area contributed by atoms with Gasteiger partial charge in [-0.25, -0.2) is 0 Å². The number of carbonyl (C=O) groups is 1. The van der Waals surface area contributed by atoms with Crippen LogP contribution in [0.25, 0.3) is 0 Å². The molecule has 1 amide bonds. The van der Waals surface area contributed by atoms with E-state index in [4.69, 9.17) is 14.2 Å². The third-order valence-electron chi connectivity index (χ3n) is 3.20. The fourth-order valence-corrected chi connectivity index (χ4v) is 2.03. The van der Waals surface area contributed by atoms with E-state index < -0.39 is 0 Å². The normalized spacial score (nSPS) is 9.95. The van der Waals surface area contributed by atoms with Gasteiger partial charge in [0.1, 0.15) is 17.2 Å². The first-order valence-electron chi connectivity index (χ1n) is 6.81. The van der Waals surface area contributed by atoms with Crippen molar-refractivity contribution in [1.82, 2.24) is 0 Å². The van der Waals surface area contributed by atoms with Gasteiger partial charge in [-0.2, -0.15) is 0 Å².